The van der Waals surface area contributed by atoms with Gasteiger partial charge in [-0.3, -0.25) is 9.59 Å². The number of Topliss-reactive ketones (excluding diaryl/α,β-unsaturated/α-hetero) is 1. The molecule has 2 atom stereocenters. The number of allylic oxidation sites excluding steroid dienone is 1. The van der Waals surface area contributed by atoms with E-state index in [0.29, 0.717) is 53.9 Å². The number of nitrogens with zero attached hydrogens (tertiary/aromatic N) is 1. The number of hydrazine groups is 1. The van der Waals surface area contributed by atoms with Crippen LogP contribution in [0.15, 0.2) is 48.2 Å². The van der Waals surface area contributed by atoms with E-state index >= 15 is 0 Å². The van der Waals surface area contributed by atoms with E-state index in [0.717, 1.165) is 0 Å². The number of fused-ring (bicyclic) bond motifs is 1. The molecule has 31 heavy (non-hydrogen) atoms. The highest BCUT2D eigenvalue weighted by molar-refractivity contribution is 6.21. The molecule has 0 spiro atoms. The molecule has 1 aliphatic heterocycles. The maximum absolute atomic E-state index is 14.6. The molecule has 0 radical (unpaired) electrons. The first-order chi connectivity index (χ1) is 14.9. The smallest absolute Gasteiger partial charge is 0.254 e. The molecular formula is C24H25F2N3O2. The quantitative estimate of drug-likeness (QED) is 0.738. The summed E-state index contributed by atoms with van der Waals surface area (Å²) in [7, 11) is 0. The molecule has 2 aliphatic rings. The Morgan fingerprint density at radius 1 is 1.19 bits per heavy atom. The van der Waals surface area contributed by atoms with Crippen LogP contribution < -0.4 is 10.7 Å². The van der Waals surface area contributed by atoms with Gasteiger partial charge in [0.2, 0.25) is 0 Å². The Labute approximate surface area is 180 Å². The molecule has 7 heteroatoms. The minimum Gasteiger partial charge on any atom is -0.344 e. The van der Waals surface area contributed by atoms with Gasteiger partial charge in [-0.2, -0.15) is 0 Å². The van der Waals surface area contributed by atoms with E-state index in [-0.39, 0.29) is 29.2 Å². The zero-order valence-corrected chi connectivity index (χ0v) is 17.5. The van der Waals surface area contributed by atoms with E-state index in [2.05, 4.69) is 10.7 Å². The van der Waals surface area contributed by atoms with Crippen LogP contribution in [0.25, 0.3) is 5.57 Å². The number of amides is 1. The Bertz CT molecular complexity index is 1050. The predicted octanol–water partition coefficient (Wildman–Crippen LogP) is 3.87. The molecule has 2 aromatic rings. The molecule has 1 unspecified atom stereocenters. The molecule has 0 bridgehead atoms. The summed E-state index contributed by atoms with van der Waals surface area (Å²) in [6.45, 7) is 4.66. The first-order valence-electron chi connectivity index (χ1n) is 10.5. The molecule has 4 rings (SSSR count). The third kappa shape index (κ3) is 3.97. The van der Waals surface area contributed by atoms with Gasteiger partial charge in [0.1, 0.15) is 17.4 Å². The lowest BCUT2D eigenvalue weighted by molar-refractivity contribution is -0.131. The van der Waals surface area contributed by atoms with E-state index in [1.54, 1.807) is 29.3 Å². The fourth-order valence-electron chi connectivity index (χ4n) is 4.29. The molecule has 1 aliphatic carbocycles. The number of hydrogen-bond acceptors (Lipinski definition) is 4. The molecule has 0 aromatic heterocycles. The molecular weight excluding hydrogens is 400 g/mol. The third-order valence-electron chi connectivity index (χ3n) is 6.08. The minimum atomic E-state index is -0.568. The van der Waals surface area contributed by atoms with Gasteiger partial charge in [-0.25, -0.2) is 14.2 Å². The number of nitrogens with one attached hydrogen (secondary N) is 2. The molecule has 5 nitrogen and oxygen atoms in total. The summed E-state index contributed by atoms with van der Waals surface area (Å²) in [6.07, 6.45) is 1.14. The summed E-state index contributed by atoms with van der Waals surface area (Å²) >= 11 is 0. The highest BCUT2D eigenvalue weighted by atomic mass is 19.1. The molecule has 162 valence electrons. The van der Waals surface area contributed by atoms with Crippen molar-refractivity contribution in [1.82, 2.24) is 15.8 Å². The number of halogens is 2. The summed E-state index contributed by atoms with van der Waals surface area (Å²) < 4.78 is 28.0. The fourth-order valence-corrected chi connectivity index (χ4v) is 4.29. The maximum atomic E-state index is 14.6. The van der Waals surface area contributed by atoms with Gasteiger partial charge in [-0.05, 0) is 42.7 Å². The highest BCUT2D eigenvalue weighted by Crippen LogP contribution is 2.37. The lowest BCUT2D eigenvalue weighted by Gasteiger charge is -2.36. The van der Waals surface area contributed by atoms with Gasteiger partial charge in [0.05, 0.1) is 18.2 Å². The standard InChI is InChI=1S/C24H25F2N3O2/c1-3-27-29-13-19-17(5-4-6-20(19)26)22(14(29)2)24(31)28-23(18-11-12-21(18)30)15-7-9-16(25)10-8-15/h4-10,18,23,27H,3,11-13H2,1-2H3,(H,28,31)/t18?,23-/m1/s1. The number of ketones is 1. The van der Waals surface area contributed by atoms with Gasteiger partial charge in [-0.1, -0.05) is 31.2 Å². The number of carbonyl (C=O) groups is 2. The van der Waals surface area contributed by atoms with Crippen molar-refractivity contribution in [3.05, 3.63) is 76.5 Å². The predicted molar refractivity (Wildman–Crippen MR) is 113 cm³/mol. The third-order valence-corrected chi connectivity index (χ3v) is 6.08. The molecule has 1 saturated carbocycles. The second-order valence-electron chi connectivity index (χ2n) is 7.94. The van der Waals surface area contributed by atoms with Crippen LogP contribution in [0.1, 0.15) is 49.4 Å². The molecule has 2 aromatic carbocycles. The van der Waals surface area contributed by atoms with E-state index in [4.69, 9.17) is 0 Å². The van der Waals surface area contributed by atoms with Crippen molar-refractivity contribution in [2.75, 3.05) is 6.54 Å². The van der Waals surface area contributed by atoms with Crippen molar-refractivity contribution in [3.63, 3.8) is 0 Å². The van der Waals surface area contributed by atoms with Crippen LogP contribution in [0.4, 0.5) is 8.78 Å². The van der Waals surface area contributed by atoms with E-state index in [1.165, 1.54) is 18.2 Å². The Morgan fingerprint density at radius 3 is 2.55 bits per heavy atom. The second-order valence-corrected chi connectivity index (χ2v) is 7.94. The molecule has 2 N–H and O–H groups in total. The molecule has 0 saturated heterocycles. The molecule has 1 heterocycles. The van der Waals surface area contributed by atoms with Crippen molar-refractivity contribution in [2.24, 2.45) is 5.92 Å². The van der Waals surface area contributed by atoms with Crippen molar-refractivity contribution >= 4 is 17.3 Å². The van der Waals surface area contributed by atoms with Crippen LogP contribution in [0, 0.1) is 17.6 Å². The Hall–Kier alpha value is -3.06. The van der Waals surface area contributed by atoms with E-state index < -0.39 is 6.04 Å². The van der Waals surface area contributed by atoms with Crippen molar-refractivity contribution < 1.29 is 18.4 Å². The molecule has 1 amide bonds. The SMILES string of the molecule is CCNN1Cc2c(F)cccc2C(C(=O)N[C@H](c2ccc(F)cc2)C2CCC2=O)=C1C. The van der Waals surface area contributed by atoms with Crippen LogP contribution in [0.3, 0.4) is 0 Å². The average Bonchev–Trinajstić information content (AvgIpc) is 2.74. The van der Waals surface area contributed by atoms with E-state index in [1.807, 2.05) is 13.8 Å². The number of carbonyl (C=O) groups excluding carboxylic acids is 2. The maximum Gasteiger partial charge on any atom is 0.254 e. The molecule has 1 fully saturated rings. The summed E-state index contributed by atoms with van der Waals surface area (Å²) in [5.74, 6) is -1.42. The monoisotopic (exact) mass is 425 g/mol. The normalized spacial score (nSPS) is 19.0. The zero-order valence-electron chi connectivity index (χ0n) is 17.5. The Kier molecular flexibility index (Phi) is 5.87. The average molecular weight is 425 g/mol. The summed E-state index contributed by atoms with van der Waals surface area (Å²) in [5, 5.41) is 4.76. The van der Waals surface area contributed by atoms with Gasteiger partial charge in [0.15, 0.2) is 0 Å². The van der Waals surface area contributed by atoms with Crippen LogP contribution in [-0.2, 0) is 16.1 Å². The second kappa shape index (κ2) is 8.59. The van der Waals surface area contributed by atoms with E-state index in [9.17, 15) is 18.4 Å². The van der Waals surface area contributed by atoms with Crippen LogP contribution in [0.5, 0.6) is 0 Å². The number of benzene rings is 2. The van der Waals surface area contributed by atoms with Gasteiger partial charge in [0.25, 0.3) is 5.91 Å². The summed E-state index contributed by atoms with van der Waals surface area (Å²) in [4.78, 5) is 25.7. The Balaban J connectivity index is 1.72. The largest absolute Gasteiger partial charge is 0.344 e. The van der Waals surface area contributed by atoms with Gasteiger partial charge in [-0.15, -0.1) is 0 Å². The van der Waals surface area contributed by atoms with Crippen LogP contribution in [0.2, 0.25) is 0 Å². The topological polar surface area (TPSA) is 61.4 Å². The van der Waals surface area contributed by atoms with Gasteiger partial charge >= 0.3 is 0 Å². The number of rotatable bonds is 6. The zero-order chi connectivity index (χ0) is 22.1. The number of hydrogen-bond donors (Lipinski definition) is 2. The summed E-state index contributed by atoms with van der Waals surface area (Å²) in [6, 6.07) is 9.96. The van der Waals surface area contributed by atoms with Crippen LogP contribution in [-0.4, -0.2) is 23.2 Å². The fraction of sp³-hybridized carbons (Fsp3) is 0.333. The van der Waals surface area contributed by atoms with Gasteiger partial charge < -0.3 is 10.3 Å². The van der Waals surface area contributed by atoms with Crippen molar-refractivity contribution in [3.8, 4) is 0 Å². The Morgan fingerprint density at radius 2 is 1.94 bits per heavy atom. The highest BCUT2D eigenvalue weighted by Gasteiger charge is 2.38. The lowest BCUT2D eigenvalue weighted by Crippen LogP contribution is -2.44. The van der Waals surface area contributed by atoms with Crippen LogP contribution >= 0.6 is 0 Å². The van der Waals surface area contributed by atoms with Crippen molar-refractivity contribution in [2.45, 2.75) is 39.3 Å². The summed E-state index contributed by atoms with van der Waals surface area (Å²) in [5.41, 5.74) is 5.86. The first-order valence-corrected chi connectivity index (χ1v) is 10.5. The lowest BCUT2D eigenvalue weighted by atomic mass is 9.75. The first kappa shape index (κ1) is 21.2. The minimum absolute atomic E-state index is 0.0738. The van der Waals surface area contributed by atoms with Gasteiger partial charge in [0, 0.05) is 30.1 Å². The van der Waals surface area contributed by atoms with Crippen molar-refractivity contribution in [1.29, 1.82) is 0 Å².